The van der Waals surface area contributed by atoms with Gasteiger partial charge in [-0.1, -0.05) is 31.4 Å². The smallest absolute Gasteiger partial charge is 0.0957 e. The summed E-state index contributed by atoms with van der Waals surface area (Å²) in [5.74, 6) is 0. The average Bonchev–Trinajstić information content (AvgIpc) is 2.18. The summed E-state index contributed by atoms with van der Waals surface area (Å²) >= 11 is 0. The normalized spacial score (nSPS) is 20.8. The van der Waals surface area contributed by atoms with Gasteiger partial charge >= 0.3 is 0 Å². The molecule has 0 aromatic carbocycles. The molecule has 3 heteroatoms. The fraction of sp³-hybridized carbons (Fsp3) is 1.00. The van der Waals surface area contributed by atoms with Crippen molar-refractivity contribution in [3.8, 4) is 0 Å². The van der Waals surface area contributed by atoms with E-state index in [2.05, 4.69) is 25.3 Å². The lowest BCUT2D eigenvalue weighted by molar-refractivity contribution is 0.155. The molecule has 0 aliphatic heterocycles. The number of hydrogen-bond acceptors (Lipinski definition) is 1. The molecule has 90 valence electrons. The molecule has 0 heterocycles. The van der Waals surface area contributed by atoms with Crippen molar-refractivity contribution in [2.75, 3.05) is 0 Å². The second-order valence-electron chi connectivity index (χ2n) is 6.01. The maximum absolute atomic E-state index is 2.92. The first-order chi connectivity index (χ1) is 7.05. The molecule has 1 saturated carbocycles. The van der Waals surface area contributed by atoms with Crippen LogP contribution in [0.25, 0.3) is 0 Å². The van der Waals surface area contributed by atoms with Crippen molar-refractivity contribution in [2.24, 2.45) is 0 Å². The van der Waals surface area contributed by atoms with E-state index in [1.807, 2.05) is 0 Å². The van der Waals surface area contributed by atoms with Crippen molar-refractivity contribution >= 4 is 19.9 Å². The van der Waals surface area contributed by atoms with E-state index >= 15 is 0 Å². The van der Waals surface area contributed by atoms with Gasteiger partial charge in [0, 0.05) is 21.8 Å². The van der Waals surface area contributed by atoms with E-state index in [0.717, 1.165) is 6.04 Å². The third kappa shape index (κ3) is 4.41. The Morgan fingerprint density at radius 1 is 1.20 bits per heavy atom. The van der Waals surface area contributed by atoms with Gasteiger partial charge < -0.3 is 4.57 Å². The molecule has 0 atom stereocenters. The Hall–Kier alpha value is 0.394. The second kappa shape index (κ2) is 6.21. The van der Waals surface area contributed by atoms with Crippen molar-refractivity contribution in [1.82, 2.24) is 4.57 Å². The van der Waals surface area contributed by atoms with Crippen molar-refractivity contribution < 1.29 is 0 Å². The third-order valence-electron chi connectivity index (χ3n) is 3.63. The summed E-state index contributed by atoms with van der Waals surface area (Å²) in [6, 6.07) is 4.02. The lowest BCUT2D eigenvalue weighted by atomic mass is 9.93. The molecule has 0 aromatic rings. The molecular formula is C12H29NSi2. The van der Waals surface area contributed by atoms with Crippen molar-refractivity contribution in [3.05, 3.63) is 0 Å². The molecule has 15 heavy (non-hydrogen) atoms. The summed E-state index contributed by atoms with van der Waals surface area (Å²) in [6.07, 6.45) is 7.40. The van der Waals surface area contributed by atoms with Crippen LogP contribution in [0, 0.1) is 0 Å². The zero-order chi connectivity index (χ0) is 11.3. The minimum atomic E-state index is 0.0443. The molecule has 0 bridgehead atoms. The molecule has 0 unspecified atom stereocenters. The predicted molar refractivity (Wildman–Crippen MR) is 76.6 cm³/mol. The standard InChI is InChI=1S/C12H29NSi2/c1-12(2,3)13(15-10-9-14)11-7-5-4-6-8-11/h11H,4-10,15H2,1-3,14H3. The van der Waals surface area contributed by atoms with E-state index in [0.29, 0.717) is 5.54 Å². The van der Waals surface area contributed by atoms with Crippen LogP contribution in [-0.4, -0.2) is 36.1 Å². The molecule has 0 saturated heterocycles. The zero-order valence-corrected chi connectivity index (χ0v) is 14.6. The lowest BCUT2D eigenvalue weighted by Crippen LogP contribution is -2.50. The van der Waals surface area contributed by atoms with Crippen LogP contribution < -0.4 is 0 Å². The van der Waals surface area contributed by atoms with Gasteiger partial charge in [0.05, 0.1) is 9.68 Å². The first-order valence-corrected chi connectivity index (χ1v) is 9.87. The minimum absolute atomic E-state index is 0.0443. The maximum Gasteiger partial charge on any atom is 0.0957 e. The Morgan fingerprint density at radius 2 is 1.80 bits per heavy atom. The molecule has 0 radical (unpaired) electrons. The first kappa shape index (κ1) is 13.5. The van der Waals surface area contributed by atoms with Crippen molar-refractivity contribution in [3.63, 3.8) is 0 Å². The van der Waals surface area contributed by atoms with E-state index in [1.165, 1.54) is 48.4 Å². The SMILES string of the molecule is CC(C)(C)N([SiH2]CC[SiH3])C1CCCCC1. The van der Waals surface area contributed by atoms with Gasteiger partial charge in [0.1, 0.15) is 0 Å². The van der Waals surface area contributed by atoms with Crippen LogP contribution in [0.4, 0.5) is 0 Å². The van der Waals surface area contributed by atoms with Gasteiger partial charge in [0.25, 0.3) is 0 Å². The van der Waals surface area contributed by atoms with Gasteiger partial charge in [-0.2, -0.15) is 0 Å². The number of hydrogen-bond donors (Lipinski definition) is 0. The highest BCUT2D eigenvalue weighted by Gasteiger charge is 2.28. The van der Waals surface area contributed by atoms with E-state index < -0.39 is 0 Å². The number of nitrogens with zero attached hydrogens (tertiary/aromatic N) is 1. The van der Waals surface area contributed by atoms with Crippen molar-refractivity contribution in [1.29, 1.82) is 0 Å². The fourth-order valence-corrected chi connectivity index (χ4v) is 5.79. The summed E-state index contributed by atoms with van der Waals surface area (Å²) < 4.78 is 2.92. The molecular weight excluding hydrogens is 214 g/mol. The largest absolute Gasteiger partial charge is 0.322 e. The molecule has 0 spiro atoms. The summed E-state index contributed by atoms with van der Waals surface area (Å²) in [7, 11) is 1.45. The first-order valence-electron chi connectivity index (χ1n) is 6.82. The van der Waals surface area contributed by atoms with Crippen LogP contribution in [0.5, 0.6) is 0 Å². The van der Waals surface area contributed by atoms with Gasteiger partial charge in [0.2, 0.25) is 0 Å². The highest BCUT2D eigenvalue weighted by Crippen LogP contribution is 2.27. The summed E-state index contributed by atoms with van der Waals surface area (Å²) in [5, 5.41) is 0. The zero-order valence-electron chi connectivity index (χ0n) is 11.2. The summed E-state index contributed by atoms with van der Waals surface area (Å²) in [5.41, 5.74) is 0.435. The molecule has 1 rings (SSSR count). The maximum atomic E-state index is 2.92. The van der Waals surface area contributed by atoms with Gasteiger partial charge in [-0.3, -0.25) is 0 Å². The summed E-state index contributed by atoms with van der Waals surface area (Å²) in [4.78, 5) is 0. The quantitative estimate of drug-likeness (QED) is 0.680. The van der Waals surface area contributed by atoms with Crippen LogP contribution in [0.1, 0.15) is 52.9 Å². The second-order valence-corrected chi connectivity index (χ2v) is 8.85. The molecule has 1 aliphatic carbocycles. The topological polar surface area (TPSA) is 3.24 Å². The van der Waals surface area contributed by atoms with Crippen LogP contribution in [0.3, 0.4) is 0 Å². The molecule has 1 fully saturated rings. The monoisotopic (exact) mass is 243 g/mol. The molecule has 1 nitrogen and oxygen atoms in total. The van der Waals surface area contributed by atoms with Crippen LogP contribution in [-0.2, 0) is 0 Å². The Morgan fingerprint density at radius 3 is 2.27 bits per heavy atom. The van der Waals surface area contributed by atoms with E-state index in [9.17, 15) is 0 Å². The lowest BCUT2D eigenvalue weighted by Gasteiger charge is -2.43. The Bertz CT molecular complexity index is 171. The molecule has 0 N–H and O–H groups in total. The Kier molecular flexibility index (Phi) is 5.57. The van der Waals surface area contributed by atoms with Crippen LogP contribution in [0.15, 0.2) is 0 Å². The Balaban J connectivity index is 2.53. The fourth-order valence-electron chi connectivity index (χ4n) is 2.79. The molecule has 0 aromatic heterocycles. The minimum Gasteiger partial charge on any atom is -0.322 e. The molecule has 1 aliphatic rings. The molecule has 0 amide bonds. The van der Waals surface area contributed by atoms with E-state index in [4.69, 9.17) is 0 Å². The van der Waals surface area contributed by atoms with Gasteiger partial charge in [-0.25, -0.2) is 0 Å². The third-order valence-corrected chi connectivity index (χ3v) is 8.72. The van der Waals surface area contributed by atoms with E-state index in [1.54, 1.807) is 6.04 Å². The van der Waals surface area contributed by atoms with Gasteiger partial charge in [0.15, 0.2) is 0 Å². The van der Waals surface area contributed by atoms with E-state index in [-0.39, 0.29) is 9.68 Å². The van der Waals surface area contributed by atoms with Gasteiger partial charge in [-0.05, 0) is 33.6 Å². The summed E-state index contributed by atoms with van der Waals surface area (Å²) in [6.45, 7) is 7.26. The van der Waals surface area contributed by atoms with Crippen LogP contribution in [0.2, 0.25) is 12.1 Å². The average molecular weight is 244 g/mol. The highest BCUT2D eigenvalue weighted by molar-refractivity contribution is 6.34. The number of rotatable bonds is 4. The van der Waals surface area contributed by atoms with Crippen LogP contribution >= 0.6 is 0 Å². The van der Waals surface area contributed by atoms with Crippen molar-refractivity contribution in [2.45, 2.75) is 76.5 Å². The highest BCUT2D eigenvalue weighted by atomic mass is 28.2. The van der Waals surface area contributed by atoms with Gasteiger partial charge in [-0.15, -0.1) is 0 Å². The predicted octanol–water partition coefficient (Wildman–Crippen LogP) is 1.71. The Labute approximate surface area is 101 Å².